The number of hydrogen-bond donors (Lipinski definition) is 0. The van der Waals surface area contributed by atoms with Crippen LogP contribution in [0.2, 0.25) is 0 Å². The highest BCUT2D eigenvalue weighted by molar-refractivity contribution is 6.00. The average Bonchev–Trinajstić information content (AvgIpc) is 2.42. The van der Waals surface area contributed by atoms with Crippen molar-refractivity contribution in [3.63, 3.8) is 0 Å². The molecule has 110 valence electrons. The van der Waals surface area contributed by atoms with E-state index < -0.39 is 0 Å². The molecule has 3 heteroatoms. The van der Waals surface area contributed by atoms with Gasteiger partial charge in [0.05, 0.1) is 19.2 Å². The van der Waals surface area contributed by atoms with Gasteiger partial charge in [0.15, 0.2) is 5.78 Å². The van der Waals surface area contributed by atoms with Gasteiger partial charge in [0, 0.05) is 6.54 Å². The number of nitrogens with zero attached hydrogens (tertiary/aromatic N) is 1. The Hall–Kier alpha value is -1.35. The summed E-state index contributed by atoms with van der Waals surface area (Å²) in [5, 5.41) is 0. The van der Waals surface area contributed by atoms with Crippen molar-refractivity contribution in [2.24, 2.45) is 11.8 Å². The molecule has 0 spiro atoms. The standard InChI is InChI=1S/C17H25NO2/c1-12-5-6-15(17(9-12)20-4)16(19)11-18-8-7-13(2)14(3)10-18/h5-6,9,13-14H,7-8,10-11H2,1-4H3. The van der Waals surface area contributed by atoms with E-state index in [-0.39, 0.29) is 5.78 Å². The number of aryl methyl sites for hydroxylation is 1. The van der Waals surface area contributed by atoms with Gasteiger partial charge in [-0.05, 0) is 49.4 Å². The number of carbonyl (C=O) groups excluding carboxylic acids is 1. The molecule has 0 bridgehead atoms. The van der Waals surface area contributed by atoms with E-state index in [0.29, 0.717) is 23.8 Å². The van der Waals surface area contributed by atoms with Crippen LogP contribution in [0.3, 0.4) is 0 Å². The van der Waals surface area contributed by atoms with Gasteiger partial charge in [0.2, 0.25) is 0 Å². The molecule has 0 aromatic heterocycles. The summed E-state index contributed by atoms with van der Waals surface area (Å²) < 4.78 is 5.34. The van der Waals surface area contributed by atoms with E-state index >= 15 is 0 Å². The average molecular weight is 275 g/mol. The van der Waals surface area contributed by atoms with Crippen molar-refractivity contribution in [2.75, 3.05) is 26.7 Å². The fourth-order valence-corrected chi connectivity index (χ4v) is 2.81. The fraction of sp³-hybridized carbons (Fsp3) is 0.588. The number of hydrogen-bond acceptors (Lipinski definition) is 3. The van der Waals surface area contributed by atoms with Crippen LogP contribution in [0.5, 0.6) is 5.75 Å². The number of piperidine rings is 1. The quantitative estimate of drug-likeness (QED) is 0.791. The van der Waals surface area contributed by atoms with E-state index in [1.165, 1.54) is 6.42 Å². The normalized spacial score (nSPS) is 23.6. The van der Waals surface area contributed by atoms with Gasteiger partial charge in [-0.1, -0.05) is 19.9 Å². The van der Waals surface area contributed by atoms with E-state index in [9.17, 15) is 4.79 Å². The molecule has 1 aromatic rings. The third-order valence-corrected chi connectivity index (χ3v) is 4.44. The molecule has 1 fully saturated rings. The first kappa shape index (κ1) is 15.0. The van der Waals surface area contributed by atoms with E-state index in [1.54, 1.807) is 7.11 Å². The number of rotatable bonds is 4. The van der Waals surface area contributed by atoms with Crippen LogP contribution in [0.1, 0.15) is 36.2 Å². The molecule has 3 nitrogen and oxygen atoms in total. The Labute approximate surface area is 121 Å². The summed E-state index contributed by atoms with van der Waals surface area (Å²) in [4.78, 5) is 14.7. The van der Waals surface area contributed by atoms with Crippen LogP contribution in [0, 0.1) is 18.8 Å². The first-order chi connectivity index (χ1) is 9.51. The van der Waals surface area contributed by atoms with Crippen molar-refractivity contribution in [3.8, 4) is 5.75 Å². The number of benzene rings is 1. The smallest absolute Gasteiger partial charge is 0.180 e. The zero-order chi connectivity index (χ0) is 14.7. The summed E-state index contributed by atoms with van der Waals surface area (Å²) in [6.45, 7) is 9.11. The second kappa shape index (κ2) is 6.40. The van der Waals surface area contributed by atoms with Gasteiger partial charge in [0.25, 0.3) is 0 Å². The zero-order valence-corrected chi connectivity index (χ0v) is 13.0. The first-order valence-corrected chi connectivity index (χ1v) is 7.41. The highest BCUT2D eigenvalue weighted by Gasteiger charge is 2.25. The predicted molar refractivity (Wildman–Crippen MR) is 81.4 cm³/mol. The highest BCUT2D eigenvalue weighted by atomic mass is 16.5. The van der Waals surface area contributed by atoms with Crippen LogP contribution >= 0.6 is 0 Å². The van der Waals surface area contributed by atoms with Crippen molar-refractivity contribution in [3.05, 3.63) is 29.3 Å². The van der Waals surface area contributed by atoms with Crippen LogP contribution in [-0.2, 0) is 0 Å². The number of ketones is 1. The van der Waals surface area contributed by atoms with Crippen LogP contribution in [0.25, 0.3) is 0 Å². The first-order valence-electron chi connectivity index (χ1n) is 7.41. The van der Waals surface area contributed by atoms with Crippen molar-refractivity contribution in [2.45, 2.75) is 27.2 Å². The van der Waals surface area contributed by atoms with Gasteiger partial charge in [-0.3, -0.25) is 9.69 Å². The SMILES string of the molecule is COc1cc(C)ccc1C(=O)CN1CCC(C)C(C)C1. The Balaban J connectivity index is 2.05. The highest BCUT2D eigenvalue weighted by Crippen LogP contribution is 2.24. The number of ether oxygens (including phenoxy) is 1. The Morgan fingerprint density at radius 1 is 1.35 bits per heavy atom. The molecule has 0 N–H and O–H groups in total. The molecule has 2 atom stereocenters. The Morgan fingerprint density at radius 2 is 2.10 bits per heavy atom. The summed E-state index contributed by atoms with van der Waals surface area (Å²) in [6.07, 6.45) is 1.18. The Morgan fingerprint density at radius 3 is 2.75 bits per heavy atom. The van der Waals surface area contributed by atoms with Crippen molar-refractivity contribution < 1.29 is 9.53 Å². The Bertz CT molecular complexity index is 484. The maximum absolute atomic E-state index is 12.5. The topological polar surface area (TPSA) is 29.5 Å². The van der Waals surface area contributed by atoms with Gasteiger partial charge in [0.1, 0.15) is 5.75 Å². The number of carbonyl (C=O) groups is 1. The molecule has 0 radical (unpaired) electrons. The van der Waals surface area contributed by atoms with Crippen LogP contribution in [0.4, 0.5) is 0 Å². The van der Waals surface area contributed by atoms with Gasteiger partial charge in [-0.15, -0.1) is 0 Å². The fourth-order valence-electron chi connectivity index (χ4n) is 2.81. The lowest BCUT2D eigenvalue weighted by molar-refractivity contribution is 0.0846. The van der Waals surface area contributed by atoms with Crippen molar-refractivity contribution in [1.82, 2.24) is 4.90 Å². The summed E-state index contributed by atoms with van der Waals surface area (Å²) in [5.41, 5.74) is 1.81. The summed E-state index contributed by atoms with van der Waals surface area (Å²) in [6, 6.07) is 5.78. The summed E-state index contributed by atoms with van der Waals surface area (Å²) >= 11 is 0. The number of methoxy groups -OCH3 is 1. The monoisotopic (exact) mass is 275 g/mol. The number of likely N-dealkylation sites (tertiary alicyclic amines) is 1. The van der Waals surface area contributed by atoms with E-state index in [2.05, 4.69) is 18.7 Å². The molecule has 0 saturated carbocycles. The minimum absolute atomic E-state index is 0.156. The van der Waals surface area contributed by atoms with Crippen molar-refractivity contribution in [1.29, 1.82) is 0 Å². The van der Waals surface area contributed by atoms with Crippen LogP contribution in [-0.4, -0.2) is 37.4 Å². The molecule has 0 amide bonds. The molecule has 0 aliphatic carbocycles. The van der Waals surface area contributed by atoms with Gasteiger partial charge in [-0.2, -0.15) is 0 Å². The molecule has 1 saturated heterocycles. The third kappa shape index (κ3) is 3.40. The maximum Gasteiger partial charge on any atom is 0.180 e. The summed E-state index contributed by atoms with van der Waals surface area (Å²) in [7, 11) is 1.62. The lowest BCUT2D eigenvalue weighted by Crippen LogP contribution is -2.41. The Kier molecular flexibility index (Phi) is 4.81. The van der Waals surface area contributed by atoms with E-state index in [1.807, 2.05) is 25.1 Å². The molecule has 2 unspecified atom stereocenters. The van der Waals surface area contributed by atoms with Crippen LogP contribution < -0.4 is 4.74 Å². The van der Waals surface area contributed by atoms with Gasteiger partial charge < -0.3 is 4.74 Å². The molecule has 2 rings (SSSR count). The molecule has 1 heterocycles. The molecule has 1 aliphatic heterocycles. The predicted octanol–water partition coefficient (Wildman–Crippen LogP) is 3.16. The van der Waals surface area contributed by atoms with Gasteiger partial charge >= 0.3 is 0 Å². The lowest BCUT2D eigenvalue weighted by atomic mass is 9.88. The lowest BCUT2D eigenvalue weighted by Gasteiger charge is -2.34. The third-order valence-electron chi connectivity index (χ3n) is 4.44. The van der Waals surface area contributed by atoms with E-state index in [4.69, 9.17) is 4.74 Å². The summed E-state index contributed by atoms with van der Waals surface area (Å²) in [5.74, 6) is 2.27. The molecular weight excluding hydrogens is 250 g/mol. The van der Waals surface area contributed by atoms with Gasteiger partial charge in [-0.25, -0.2) is 0 Å². The second-order valence-corrected chi connectivity index (χ2v) is 6.11. The van der Waals surface area contributed by atoms with Crippen molar-refractivity contribution >= 4 is 5.78 Å². The number of Topliss-reactive ketones (excluding diaryl/α,β-unsaturated/α-hetero) is 1. The zero-order valence-electron chi connectivity index (χ0n) is 13.0. The largest absolute Gasteiger partial charge is 0.496 e. The molecule has 1 aromatic carbocycles. The van der Waals surface area contributed by atoms with E-state index in [0.717, 1.165) is 24.6 Å². The second-order valence-electron chi connectivity index (χ2n) is 6.11. The van der Waals surface area contributed by atoms with Crippen LogP contribution in [0.15, 0.2) is 18.2 Å². The maximum atomic E-state index is 12.5. The molecular formula is C17H25NO2. The minimum atomic E-state index is 0.156. The molecule has 20 heavy (non-hydrogen) atoms. The minimum Gasteiger partial charge on any atom is -0.496 e. The molecule has 1 aliphatic rings.